The summed E-state index contributed by atoms with van der Waals surface area (Å²) in [6, 6.07) is 14.7. The molecule has 5 nitrogen and oxygen atoms in total. The minimum absolute atomic E-state index is 0.122. The van der Waals surface area contributed by atoms with Gasteiger partial charge >= 0.3 is 0 Å². The third-order valence-corrected chi connectivity index (χ3v) is 3.63. The maximum atomic E-state index is 12.3. The zero-order valence-electron chi connectivity index (χ0n) is 14.1. The third kappa shape index (κ3) is 4.26. The van der Waals surface area contributed by atoms with Crippen molar-refractivity contribution in [2.45, 2.75) is 13.5 Å². The van der Waals surface area contributed by atoms with Crippen LogP contribution in [0, 0.1) is 18.3 Å². The molecule has 0 saturated heterocycles. The molecule has 0 heterocycles. The number of aryl methyl sites for hydroxylation is 1. The maximum absolute atomic E-state index is 12.3. The van der Waals surface area contributed by atoms with Crippen LogP contribution in [0.4, 0.5) is 0 Å². The fourth-order valence-corrected chi connectivity index (χ4v) is 2.31. The van der Waals surface area contributed by atoms with Crippen molar-refractivity contribution in [3.63, 3.8) is 0 Å². The minimum atomic E-state index is -0.175. The van der Waals surface area contributed by atoms with Crippen LogP contribution in [0.25, 0.3) is 0 Å². The van der Waals surface area contributed by atoms with Crippen LogP contribution in [0.5, 0.6) is 11.5 Å². The Balaban J connectivity index is 2.00. The number of amides is 1. The fraction of sp³-hybridized carbons (Fsp3) is 0.263. The van der Waals surface area contributed by atoms with Gasteiger partial charge in [0, 0.05) is 19.2 Å². The van der Waals surface area contributed by atoms with Gasteiger partial charge in [0.25, 0.3) is 5.91 Å². The number of para-hydroxylation sites is 1. The minimum Gasteiger partial charge on any atom is -0.496 e. The maximum Gasteiger partial charge on any atom is 0.260 e. The van der Waals surface area contributed by atoms with Gasteiger partial charge in [-0.2, -0.15) is 5.26 Å². The van der Waals surface area contributed by atoms with Crippen molar-refractivity contribution in [2.24, 2.45) is 0 Å². The van der Waals surface area contributed by atoms with Crippen molar-refractivity contribution in [1.29, 1.82) is 5.26 Å². The van der Waals surface area contributed by atoms with Crippen molar-refractivity contribution >= 4 is 5.91 Å². The molecular weight excluding hydrogens is 304 g/mol. The number of nitriles is 1. The lowest BCUT2D eigenvalue weighted by atomic mass is 10.1. The highest BCUT2D eigenvalue weighted by Gasteiger charge is 2.14. The second-order valence-electron chi connectivity index (χ2n) is 5.46. The van der Waals surface area contributed by atoms with Gasteiger partial charge in [-0.1, -0.05) is 29.8 Å². The Morgan fingerprint density at radius 3 is 2.67 bits per heavy atom. The first-order valence-corrected chi connectivity index (χ1v) is 7.54. The van der Waals surface area contributed by atoms with Crippen LogP contribution in [0.3, 0.4) is 0 Å². The van der Waals surface area contributed by atoms with E-state index in [-0.39, 0.29) is 12.5 Å². The molecule has 0 spiro atoms. The lowest BCUT2D eigenvalue weighted by Crippen LogP contribution is -2.31. The van der Waals surface area contributed by atoms with Crippen LogP contribution in [-0.4, -0.2) is 31.6 Å². The zero-order chi connectivity index (χ0) is 17.5. The van der Waals surface area contributed by atoms with E-state index in [0.29, 0.717) is 17.9 Å². The summed E-state index contributed by atoms with van der Waals surface area (Å²) in [6.07, 6.45) is 0. The van der Waals surface area contributed by atoms with E-state index in [2.05, 4.69) is 0 Å². The number of rotatable bonds is 6. The topological polar surface area (TPSA) is 62.6 Å². The fourth-order valence-electron chi connectivity index (χ4n) is 2.31. The summed E-state index contributed by atoms with van der Waals surface area (Å²) in [6.45, 7) is 2.29. The number of methoxy groups -OCH3 is 1. The van der Waals surface area contributed by atoms with Gasteiger partial charge in [-0.15, -0.1) is 0 Å². The standard InChI is InChI=1S/C19H20N2O3/c1-14-8-9-17(23-3)16(10-14)12-21(2)19(22)13-24-18-7-5-4-6-15(18)11-20/h4-10H,12-13H2,1-3H3. The van der Waals surface area contributed by atoms with E-state index in [1.54, 1.807) is 43.3 Å². The summed E-state index contributed by atoms with van der Waals surface area (Å²) in [5.41, 5.74) is 2.45. The first-order valence-electron chi connectivity index (χ1n) is 7.54. The Labute approximate surface area is 142 Å². The van der Waals surface area contributed by atoms with E-state index in [0.717, 1.165) is 16.9 Å². The molecule has 2 aromatic carbocycles. The lowest BCUT2D eigenvalue weighted by molar-refractivity contribution is -0.132. The molecule has 2 rings (SSSR count). The van der Waals surface area contributed by atoms with Crippen molar-refractivity contribution < 1.29 is 14.3 Å². The van der Waals surface area contributed by atoms with Gasteiger partial charge in [0.05, 0.1) is 12.7 Å². The summed E-state index contributed by atoms with van der Waals surface area (Å²) in [5, 5.41) is 9.03. The quantitative estimate of drug-likeness (QED) is 0.819. The molecule has 0 N–H and O–H groups in total. The van der Waals surface area contributed by atoms with Gasteiger partial charge in [-0.05, 0) is 25.1 Å². The summed E-state index contributed by atoms with van der Waals surface area (Å²) in [5.74, 6) is 0.984. The third-order valence-electron chi connectivity index (χ3n) is 3.63. The molecule has 1 amide bonds. The average molecular weight is 324 g/mol. The Morgan fingerprint density at radius 2 is 1.96 bits per heavy atom. The Kier molecular flexibility index (Phi) is 5.80. The average Bonchev–Trinajstić information content (AvgIpc) is 2.60. The Hall–Kier alpha value is -3.00. The number of hydrogen-bond donors (Lipinski definition) is 0. The van der Waals surface area contributed by atoms with Gasteiger partial charge in [-0.25, -0.2) is 0 Å². The molecule has 0 aromatic heterocycles. The van der Waals surface area contributed by atoms with E-state index < -0.39 is 0 Å². The zero-order valence-corrected chi connectivity index (χ0v) is 14.1. The van der Waals surface area contributed by atoms with E-state index in [4.69, 9.17) is 14.7 Å². The van der Waals surface area contributed by atoms with Crippen LogP contribution in [0.2, 0.25) is 0 Å². The van der Waals surface area contributed by atoms with Crippen LogP contribution < -0.4 is 9.47 Å². The number of hydrogen-bond acceptors (Lipinski definition) is 4. The molecule has 0 bridgehead atoms. The molecular formula is C19H20N2O3. The second kappa shape index (κ2) is 8.02. The van der Waals surface area contributed by atoms with Crippen LogP contribution in [0.15, 0.2) is 42.5 Å². The number of benzene rings is 2. The van der Waals surface area contributed by atoms with Crippen LogP contribution in [0.1, 0.15) is 16.7 Å². The number of ether oxygens (including phenoxy) is 2. The van der Waals surface area contributed by atoms with Gasteiger partial charge in [0.15, 0.2) is 6.61 Å². The van der Waals surface area contributed by atoms with Gasteiger partial charge in [0.2, 0.25) is 0 Å². The normalized spacial score (nSPS) is 9.92. The Morgan fingerprint density at radius 1 is 1.21 bits per heavy atom. The summed E-state index contributed by atoms with van der Waals surface area (Å²) in [7, 11) is 3.32. The molecule has 0 fully saturated rings. The molecule has 2 aromatic rings. The van der Waals surface area contributed by atoms with E-state index in [1.807, 2.05) is 31.2 Å². The first-order chi connectivity index (χ1) is 11.5. The molecule has 0 saturated carbocycles. The van der Waals surface area contributed by atoms with E-state index in [1.165, 1.54) is 0 Å². The predicted octanol–water partition coefficient (Wildman–Crippen LogP) is 2.91. The second-order valence-corrected chi connectivity index (χ2v) is 5.46. The smallest absolute Gasteiger partial charge is 0.260 e. The largest absolute Gasteiger partial charge is 0.496 e. The van der Waals surface area contributed by atoms with Gasteiger partial charge in [0.1, 0.15) is 17.6 Å². The van der Waals surface area contributed by atoms with Crippen molar-refractivity contribution in [3.05, 3.63) is 59.2 Å². The number of likely N-dealkylation sites (N-methyl/N-ethyl adjacent to an activating group) is 1. The SMILES string of the molecule is COc1ccc(C)cc1CN(C)C(=O)COc1ccccc1C#N. The molecule has 0 aliphatic heterocycles. The van der Waals surface area contributed by atoms with Crippen LogP contribution in [-0.2, 0) is 11.3 Å². The number of nitrogens with zero attached hydrogens (tertiary/aromatic N) is 2. The van der Waals surface area contributed by atoms with Crippen molar-refractivity contribution in [2.75, 3.05) is 20.8 Å². The van der Waals surface area contributed by atoms with Gasteiger partial charge < -0.3 is 14.4 Å². The highest BCUT2D eigenvalue weighted by Crippen LogP contribution is 2.21. The predicted molar refractivity (Wildman–Crippen MR) is 90.9 cm³/mol. The van der Waals surface area contributed by atoms with E-state index in [9.17, 15) is 4.79 Å². The lowest BCUT2D eigenvalue weighted by Gasteiger charge is -2.19. The molecule has 24 heavy (non-hydrogen) atoms. The van der Waals surface area contributed by atoms with Crippen LogP contribution >= 0.6 is 0 Å². The van der Waals surface area contributed by atoms with Crippen molar-refractivity contribution in [3.8, 4) is 17.6 Å². The monoisotopic (exact) mass is 324 g/mol. The van der Waals surface area contributed by atoms with Gasteiger partial charge in [-0.3, -0.25) is 4.79 Å². The molecule has 0 atom stereocenters. The number of carbonyl (C=O) groups excluding carboxylic acids is 1. The molecule has 0 radical (unpaired) electrons. The van der Waals surface area contributed by atoms with Crippen molar-refractivity contribution in [1.82, 2.24) is 4.90 Å². The molecule has 0 aliphatic carbocycles. The highest BCUT2D eigenvalue weighted by atomic mass is 16.5. The van der Waals surface area contributed by atoms with E-state index >= 15 is 0 Å². The summed E-state index contributed by atoms with van der Waals surface area (Å²) >= 11 is 0. The molecule has 124 valence electrons. The Bertz CT molecular complexity index is 765. The summed E-state index contributed by atoms with van der Waals surface area (Å²) in [4.78, 5) is 13.9. The highest BCUT2D eigenvalue weighted by molar-refractivity contribution is 5.77. The molecule has 5 heteroatoms. The first kappa shape index (κ1) is 17.4. The number of carbonyl (C=O) groups is 1. The molecule has 0 unspecified atom stereocenters. The molecule has 0 aliphatic rings. The summed E-state index contributed by atoms with van der Waals surface area (Å²) < 4.78 is 10.8.